The lowest BCUT2D eigenvalue weighted by atomic mass is 10.2. The van der Waals surface area contributed by atoms with Crippen molar-refractivity contribution in [2.45, 2.75) is 37.8 Å². The van der Waals surface area contributed by atoms with Crippen molar-refractivity contribution in [1.82, 2.24) is 14.7 Å². The molecule has 1 N–H and O–H groups in total. The molecular formula is C10H16N4S. The Balaban J connectivity index is 1.61. The third kappa shape index (κ3) is 2.13. The summed E-state index contributed by atoms with van der Waals surface area (Å²) in [5.41, 5.74) is 0. The highest BCUT2D eigenvalue weighted by molar-refractivity contribution is 7.09. The van der Waals surface area contributed by atoms with Gasteiger partial charge in [-0.15, -0.1) is 0 Å². The van der Waals surface area contributed by atoms with Gasteiger partial charge in [-0.3, -0.25) is 0 Å². The minimum Gasteiger partial charge on any atom is -0.343 e. The van der Waals surface area contributed by atoms with E-state index in [9.17, 15) is 0 Å². The van der Waals surface area contributed by atoms with Crippen molar-refractivity contribution in [2.24, 2.45) is 0 Å². The van der Waals surface area contributed by atoms with Gasteiger partial charge in [0.15, 0.2) is 0 Å². The molecule has 1 aliphatic heterocycles. The highest BCUT2D eigenvalue weighted by Crippen LogP contribution is 2.26. The van der Waals surface area contributed by atoms with E-state index in [1.165, 1.54) is 37.2 Å². The Morgan fingerprint density at radius 3 is 3.13 bits per heavy atom. The van der Waals surface area contributed by atoms with Crippen molar-refractivity contribution < 1.29 is 0 Å². The zero-order chi connectivity index (χ0) is 10.1. The topological polar surface area (TPSA) is 41.1 Å². The largest absolute Gasteiger partial charge is 0.343 e. The predicted molar refractivity (Wildman–Crippen MR) is 61.3 cm³/mol. The van der Waals surface area contributed by atoms with E-state index < -0.39 is 0 Å². The van der Waals surface area contributed by atoms with Gasteiger partial charge in [0, 0.05) is 36.7 Å². The fraction of sp³-hybridized carbons (Fsp3) is 0.800. The normalized spacial score (nSPS) is 26.1. The van der Waals surface area contributed by atoms with Crippen LogP contribution in [0.25, 0.3) is 0 Å². The summed E-state index contributed by atoms with van der Waals surface area (Å²) in [5.74, 6) is 0. The van der Waals surface area contributed by atoms with Gasteiger partial charge in [-0.1, -0.05) is 0 Å². The molecule has 1 atom stereocenters. The van der Waals surface area contributed by atoms with Crippen LogP contribution in [0.1, 0.15) is 25.7 Å². The SMILES string of the molecule is c1nsc(N2CCCC2CNC2CC2)n1. The first-order chi connectivity index (χ1) is 7.43. The number of hydrogen-bond acceptors (Lipinski definition) is 5. The summed E-state index contributed by atoms with van der Waals surface area (Å²) < 4.78 is 4.08. The van der Waals surface area contributed by atoms with Crippen LogP contribution in [0.3, 0.4) is 0 Å². The Kier molecular flexibility index (Phi) is 2.58. The van der Waals surface area contributed by atoms with Gasteiger partial charge in [0.1, 0.15) is 6.33 Å². The van der Waals surface area contributed by atoms with Gasteiger partial charge in [0.2, 0.25) is 5.13 Å². The molecule has 3 rings (SSSR count). The van der Waals surface area contributed by atoms with Crippen LogP contribution in [0.4, 0.5) is 5.13 Å². The zero-order valence-corrected chi connectivity index (χ0v) is 9.54. The molecule has 1 unspecified atom stereocenters. The quantitative estimate of drug-likeness (QED) is 0.836. The molecule has 4 nitrogen and oxygen atoms in total. The Morgan fingerprint density at radius 2 is 2.40 bits per heavy atom. The second kappa shape index (κ2) is 4.06. The minimum atomic E-state index is 0.638. The van der Waals surface area contributed by atoms with E-state index in [-0.39, 0.29) is 0 Å². The molecule has 0 amide bonds. The molecule has 15 heavy (non-hydrogen) atoms. The molecular weight excluding hydrogens is 208 g/mol. The molecule has 0 radical (unpaired) electrons. The number of anilines is 1. The third-order valence-electron chi connectivity index (χ3n) is 3.19. The molecule has 0 bridgehead atoms. The molecule has 1 saturated carbocycles. The van der Waals surface area contributed by atoms with Crippen molar-refractivity contribution in [3.05, 3.63) is 6.33 Å². The molecule has 0 aromatic carbocycles. The number of nitrogens with one attached hydrogen (secondary N) is 1. The van der Waals surface area contributed by atoms with E-state index in [0.29, 0.717) is 6.04 Å². The average molecular weight is 224 g/mol. The summed E-state index contributed by atoms with van der Waals surface area (Å²) in [6.45, 7) is 2.26. The summed E-state index contributed by atoms with van der Waals surface area (Å²) in [4.78, 5) is 6.71. The number of nitrogens with zero attached hydrogens (tertiary/aromatic N) is 3. The van der Waals surface area contributed by atoms with Crippen molar-refractivity contribution in [1.29, 1.82) is 0 Å². The average Bonchev–Trinajstić information content (AvgIpc) is 2.79. The monoisotopic (exact) mass is 224 g/mol. The third-order valence-corrected chi connectivity index (χ3v) is 3.89. The van der Waals surface area contributed by atoms with Crippen LogP contribution in [0.15, 0.2) is 6.33 Å². The van der Waals surface area contributed by atoms with E-state index in [1.54, 1.807) is 6.33 Å². The lowest BCUT2D eigenvalue weighted by Crippen LogP contribution is -2.38. The van der Waals surface area contributed by atoms with Crippen LogP contribution in [-0.2, 0) is 0 Å². The van der Waals surface area contributed by atoms with Gasteiger partial charge in [-0.25, -0.2) is 4.98 Å². The number of rotatable bonds is 4. The second-order valence-electron chi connectivity index (χ2n) is 4.40. The first kappa shape index (κ1) is 9.54. The standard InChI is InChI=1S/C10H16N4S/c1-2-9(6-11-8-3-4-8)14(5-1)10-12-7-13-15-10/h7-9,11H,1-6H2. The molecule has 2 fully saturated rings. The first-order valence-electron chi connectivity index (χ1n) is 5.70. The Bertz CT molecular complexity index is 309. The maximum Gasteiger partial charge on any atom is 0.205 e. The van der Waals surface area contributed by atoms with Crippen molar-refractivity contribution >= 4 is 16.7 Å². The smallest absolute Gasteiger partial charge is 0.205 e. The van der Waals surface area contributed by atoms with Crippen molar-refractivity contribution in [2.75, 3.05) is 18.0 Å². The van der Waals surface area contributed by atoms with Gasteiger partial charge in [0.25, 0.3) is 0 Å². The summed E-state index contributed by atoms with van der Waals surface area (Å²) in [5, 5.41) is 4.70. The van der Waals surface area contributed by atoms with E-state index >= 15 is 0 Å². The van der Waals surface area contributed by atoms with Crippen LogP contribution >= 0.6 is 11.5 Å². The van der Waals surface area contributed by atoms with Crippen LogP contribution in [-0.4, -0.2) is 34.5 Å². The van der Waals surface area contributed by atoms with Crippen LogP contribution < -0.4 is 10.2 Å². The molecule has 1 aromatic rings. The van der Waals surface area contributed by atoms with Gasteiger partial charge < -0.3 is 10.2 Å². The molecule has 0 spiro atoms. The van der Waals surface area contributed by atoms with Gasteiger partial charge in [0.05, 0.1) is 0 Å². The lowest BCUT2D eigenvalue weighted by Gasteiger charge is -2.23. The van der Waals surface area contributed by atoms with Crippen molar-refractivity contribution in [3.8, 4) is 0 Å². The van der Waals surface area contributed by atoms with Crippen LogP contribution in [0.2, 0.25) is 0 Å². The highest BCUT2D eigenvalue weighted by Gasteiger charge is 2.29. The summed E-state index contributed by atoms with van der Waals surface area (Å²) >= 11 is 1.51. The van der Waals surface area contributed by atoms with Crippen LogP contribution in [0.5, 0.6) is 0 Å². The maximum atomic E-state index is 4.30. The fourth-order valence-corrected chi connectivity index (χ4v) is 2.81. The summed E-state index contributed by atoms with van der Waals surface area (Å²) in [7, 11) is 0. The highest BCUT2D eigenvalue weighted by atomic mass is 32.1. The lowest BCUT2D eigenvalue weighted by molar-refractivity contribution is 0.570. The summed E-state index contributed by atoms with van der Waals surface area (Å²) in [6.07, 6.45) is 6.97. The number of aromatic nitrogens is 2. The van der Waals surface area contributed by atoms with Gasteiger partial charge in [-0.2, -0.15) is 4.37 Å². The Hall–Kier alpha value is -0.680. The molecule has 2 aliphatic rings. The van der Waals surface area contributed by atoms with Gasteiger partial charge >= 0.3 is 0 Å². The Labute approximate surface area is 93.9 Å². The molecule has 2 heterocycles. The van der Waals surface area contributed by atoms with E-state index in [1.807, 2.05) is 0 Å². The molecule has 1 saturated heterocycles. The maximum absolute atomic E-state index is 4.30. The fourth-order valence-electron chi connectivity index (χ4n) is 2.18. The molecule has 82 valence electrons. The van der Waals surface area contributed by atoms with Crippen molar-refractivity contribution in [3.63, 3.8) is 0 Å². The second-order valence-corrected chi connectivity index (χ2v) is 5.15. The minimum absolute atomic E-state index is 0.638. The summed E-state index contributed by atoms with van der Waals surface area (Å²) in [6, 6.07) is 1.44. The predicted octanol–water partition coefficient (Wildman–Crippen LogP) is 1.26. The number of hydrogen-bond donors (Lipinski definition) is 1. The Morgan fingerprint density at radius 1 is 1.47 bits per heavy atom. The van der Waals surface area contributed by atoms with E-state index in [2.05, 4.69) is 19.6 Å². The zero-order valence-electron chi connectivity index (χ0n) is 8.72. The first-order valence-corrected chi connectivity index (χ1v) is 6.47. The molecule has 1 aliphatic carbocycles. The van der Waals surface area contributed by atoms with E-state index in [4.69, 9.17) is 0 Å². The van der Waals surface area contributed by atoms with Gasteiger partial charge in [-0.05, 0) is 25.7 Å². The van der Waals surface area contributed by atoms with E-state index in [0.717, 1.165) is 24.3 Å². The molecule has 1 aromatic heterocycles. The van der Waals surface area contributed by atoms with Crippen LogP contribution in [0, 0.1) is 0 Å². The molecule has 5 heteroatoms.